The van der Waals surface area contributed by atoms with Crippen molar-refractivity contribution in [3.8, 4) is 0 Å². The highest BCUT2D eigenvalue weighted by atomic mass is 19.1. The average Bonchev–Trinajstić information content (AvgIpc) is 2.82. The number of carbonyl (C=O) groups excluding carboxylic acids is 1. The Morgan fingerprint density at radius 3 is 3.00 bits per heavy atom. The van der Waals surface area contributed by atoms with E-state index in [2.05, 4.69) is 10.3 Å². The van der Waals surface area contributed by atoms with Crippen molar-refractivity contribution in [3.63, 3.8) is 0 Å². The summed E-state index contributed by atoms with van der Waals surface area (Å²) in [6.45, 7) is 0.390. The Kier molecular flexibility index (Phi) is 3.49. The zero-order chi connectivity index (χ0) is 12.1. The number of carbonyl (C=O) groups is 1. The van der Waals surface area contributed by atoms with Gasteiger partial charge in [-0.3, -0.25) is 4.79 Å². The molecule has 0 bridgehead atoms. The number of rotatable bonds is 4. The van der Waals surface area contributed by atoms with Crippen molar-refractivity contribution in [2.24, 2.45) is 0 Å². The third-order valence-corrected chi connectivity index (χ3v) is 2.24. The minimum absolute atomic E-state index is 0.0491. The molecule has 4 nitrogen and oxygen atoms in total. The quantitative estimate of drug-likeness (QED) is 0.820. The molecule has 0 radical (unpaired) electrons. The van der Waals surface area contributed by atoms with Crippen molar-refractivity contribution >= 4 is 5.91 Å². The molecule has 2 rings (SSSR count). The fraction of sp³-hybridized carbons (Fsp3) is 0.167. The Bertz CT molecular complexity index is 497. The molecule has 0 unspecified atom stereocenters. The van der Waals surface area contributed by atoms with Gasteiger partial charge in [0.05, 0.1) is 11.8 Å². The number of hydrogen-bond acceptors (Lipinski definition) is 3. The molecule has 88 valence electrons. The van der Waals surface area contributed by atoms with Gasteiger partial charge in [-0.2, -0.15) is 4.39 Å². The van der Waals surface area contributed by atoms with Crippen LogP contribution in [0, 0.1) is 5.95 Å². The normalized spacial score (nSPS) is 10.2. The second kappa shape index (κ2) is 5.25. The van der Waals surface area contributed by atoms with Gasteiger partial charge in [-0.05, 0) is 24.3 Å². The number of halogens is 1. The molecule has 5 heteroatoms. The third-order valence-electron chi connectivity index (χ3n) is 2.24. The molecule has 0 atom stereocenters. The van der Waals surface area contributed by atoms with Crippen LogP contribution < -0.4 is 5.32 Å². The molecule has 0 saturated carbocycles. The number of nitrogens with one attached hydrogen (secondary N) is 1. The van der Waals surface area contributed by atoms with E-state index in [0.29, 0.717) is 13.0 Å². The smallest absolute Gasteiger partial charge is 0.255 e. The highest BCUT2D eigenvalue weighted by molar-refractivity contribution is 5.94. The van der Waals surface area contributed by atoms with E-state index in [-0.39, 0.29) is 5.56 Å². The summed E-state index contributed by atoms with van der Waals surface area (Å²) in [4.78, 5) is 15.0. The SMILES string of the molecule is O=C(NCCc1ccco1)c1cccnc1F. The topological polar surface area (TPSA) is 55.1 Å². The lowest BCUT2D eigenvalue weighted by Crippen LogP contribution is -2.26. The Hall–Kier alpha value is -2.17. The van der Waals surface area contributed by atoms with Crippen LogP contribution in [-0.2, 0) is 6.42 Å². The summed E-state index contributed by atoms with van der Waals surface area (Å²) in [5.74, 6) is -0.456. The van der Waals surface area contributed by atoms with Crippen LogP contribution in [-0.4, -0.2) is 17.4 Å². The fourth-order valence-corrected chi connectivity index (χ4v) is 1.40. The van der Waals surface area contributed by atoms with Gasteiger partial charge in [-0.1, -0.05) is 0 Å². The summed E-state index contributed by atoms with van der Waals surface area (Å²) >= 11 is 0. The van der Waals surface area contributed by atoms with Crippen LogP contribution in [0.15, 0.2) is 41.1 Å². The molecule has 0 saturated heterocycles. The summed E-state index contributed by atoms with van der Waals surface area (Å²) in [6.07, 6.45) is 3.44. The van der Waals surface area contributed by atoms with E-state index < -0.39 is 11.9 Å². The number of aromatic nitrogens is 1. The number of nitrogens with zero attached hydrogens (tertiary/aromatic N) is 1. The Morgan fingerprint density at radius 2 is 2.29 bits per heavy atom. The summed E-state index contributed by atoms with van der Waals surface area (Å²) in [6, 6.07) is 6.50. The first-order valence-corrected chi connectivity index (χ1v) is 5.18. The van der Waals surface area contributed by atoms with Crippen molar-refractivity contribution < 1.29 is 13.6 Å². The lowest BCUT2D eigenvalue weighted by molar-refractivity contribution is 0.0949. The van der Waals surface area contributed by atoms with Crippen molar-refractivity contribution in [3.05, 3.63) is 54.0 Å². The summed E-state index contributed by atoms with van der Waals surface area (Å²) in [7, 11) is 0. The molecule has 0 fully saturated rings. The highest BCUT2D eigenvalue weighted by Gasteiger charge is 2.11. The Labute approximate surface area is 97.5 Å². The Morgan fingerprint density at radius 1 is 1.41 bits per heavy atom. The molecular weight excluding hydrogens is 223 g/mol. The molecule has 2 heterocycles. The second-order valence-electron chi connectivity index (χ2n) is 3.43. The molecule has 1 N–H and O–H groups in total. The third kappa shape index (κ3) is 2.90. The maximum absolute atomic E-state index is 13.2. The van der Waals surface area contributed by atoms with Crippen LogP contribution in [0.4, 0.5) is 4.39 Å². The van der Waals surface area contributed by atoms with Crippen LogP contribution in [0.2, 0.25) is 0 Å². The minimum Gasteiger partial charge on any atom is -0.469 e. The van der Waals surface area contributed by atoms with E-state index in [1.807, 2.05) is 6.07 Å². The zero-order valence-corrected chi connectivity index (χ0v) is 9.02. The summed E-state index contributed by atoms with van der Waals surface area (Å²) in [5.41, 5.74) is -0.0491. The van der Waals surface area contributed by atoms with Crippen molar-refractivity contribution in [1.29, 1.82) is 0 Å². The van der Waals surface area contributed by atoms with Gasteiger partial charge in [-0.25, -0.2) is 4.98 Å². The van der Waals surface area contributed by atoms with Gasteiger partial charge in [0, 0.05) is 19.2 Å². The summed E-state index contributed by atoms with van der Waals surface area (Å²) < 4.78 is 18.3. The number of furan rings is 1. The van der Waals surface area contributed by atoms with Gasteiger partial charge >= 0.3 is 0 Å². The first-order valence-electron chi connectivity index (χ1n) is 5.18. The molecule has 1 amide bonds. The van der Waals surface area contributed by atoms with Gasteiger partial charge in [0.1, 0.15) is 5.76 Å². The van der Waals surface area contributed by atoms with E-state index in [0.717, 1.165) is 5.76 Å². The van der Waals surface area contributed by atoms with E-state index in [4.69, 9.17) is 4.42 Å². The number of amides is 1. The average molecular weight is 234 g/mol. The van der Waals surface area contributed by atoms with Crippen molar-refractivity contribution in [1.82, 2.24) is 10.3 Å². The minimum atomic E-state index is -0.761. The molecule has 2 aromatic heterocycles. The lowest BCUT2D eigenvalue weighted by atomic mass is 10.2. The molecular formula is C12H11FN2O2. The van der Waals surface area contributed by atoms with Crippen LogP contribution >= 0.6 is 0 Å². The Balaban J connectivity index is 1.88. The molecule has 17 heavy (non-hydrogen) atoms. The van der Waals surface area contributed by atoms with Crippen LogP contribution in [0.1, 0.15) is 16.1 Å². The van der Waals surface area contributed by atoms with E-state index in [1.165, 1.54) is 18.3 Å². The molecule has 0 aliphatic carbocycles. The van der Waals surface area contributed by atoms with Crippen molar-refractivity contribution in [2.75, 3.05) is 6.54 Å². The predicted molar refractivity (Wildman–Crippen MR) is 58.9 cm³/mol. The van der Waals surface area contributed by atoms with E-state index in [1.54, 1.807) is 12.3 Å². The molecule has 0 aliphatic heterocycles. The van der Waals surface area contributed by atoms with Crippen LogP contribution in [0.3, 0.4) is 0 Å². The number of hydrogen-bond donors (Lipinski definition) is 1. The van der Waals surface area contributed by atoms with Crippen molar-refractivity contribution in [2.45, 2.75) is 6.42 Å². The maximum atomic E-state index is 13.2. The fourth-order valence-electron chi connectivity index (χ4n) is 1.40. The number of pyridine rings is 1. The van der Waals surface area contributed by atoms with Gasteiger partial charge < -0.3 is 9.73 Å². The van der Waals surface area contributed by atoms with Gasteiger partial charge in [0.2, 0.25) is 5.95 Å². The highest BCUT2D eigenvalue weighted by Crippen LogP contribution is 2.03. The molecule has 2 aromatic rings. The first-order chi connectivity index (χ1) is 8.27. The predicted octanol–water partition coefficient (Wildman–Crippen LogP) is 1.79. The van der Waals surface area contributed by atoms with E-state index in [9.17, 15) is 9.18 Å². The van der Waals surface area contributed by atoms with Gasteiger partial charge in [-0.15, -0.1) is 0 Å². The standard InChI is InChI=1S/C12H11FN2O2/c13-11-10(4-1-6-14-11)12(16)15-7-5-9-3-2-8-17-9/h1-4,6,8H,5,7H2,(H,15,16). The maximum Gasteiger partial charge on any atom is 0.255 e. The second-order valence-corrected chi connectivity index (χ2v) is 3.43. The largest absolute Gasteiger partial charge is 0.469 e. The van der Waals surface area contributed by atoms with Gasteiger partial charge in [0.15, 0.2) is 0 Å². The van der Waals surface area contributed by atoms with Crippen LogP contribution in [0.25, 0.3) is 0 Å². The first kappa shape index (κ1) is 11.3. The van der Waals surface area contributed by atoms with E-state index >= 15 is 0 Å². The lowest BCUT2D eigenvalue weighted by Gasteiger charge is -2.04. The molecule has 0 aromatic carbocycles. The molecule has 0 spiro atoms. The monoisotopic (exact) mass is 234 g/mol. The molecule has 0 aliphatic rings. The summed E-state index contributed by atoms with van der Waals surface area (Å²) in [5, 5.41) is 2.60. The van der Waals surface area contributed by atoms with Crippen LogP contribution in [0.5, 0.6) is 0 Å². The zero-order valence-electron chi connectivity index (χ0n) is 9.02. The van der Waals surface area contributed by atoms with Gasteiger partial charge in [0.25, 0.3) is 5.91 Å².